The van der Waals surface area contributed by atoms with Crippen molar-refractivity contribution in [2.45, 2.75) is 38.3 Å². The zero-order valence-corrected chi connectivity index (χ0v) is 13.2. The number of nitrogens with zero attached hydrogens (tertiary/aromatic N) is 3. The number of likely N-dealkylation sites (tertiary alicyclic amines) is 1. The van der Waals surface area contributed by atoms with Crippen molar-refractivity contribution in [3.63, 3.8) is 0 Å². The number of piperidine rings is 1. The summed E-state index contributed by atoms with van der Waals surface area (Å²) < 4.78 is 38.0. The van der Waals surface area contributed by atoms with Gasteiger partial charge in [0.2, 0.25) is 0 Å². The van der Waals surface area contributed by atoms with E-state index < -0.39 is 11.9 Å². The summed E-state index contributed by atoms with van der Waals surface area (Å²) in [4.78, 5) is 20.3. The lowest BCUT2D eigenvalue weighted by Gasteiger charge is -2.31. The molecule has 3 rings (SSSR count). The zero-order valence-electron chi connectivity index (χ0n) is 13.2. The molecule has 3 heterocycles. The van der Waals surface area contributed by atoms with E-state index in [-0.39, 0.29) is 17.6 Å². The van der Waals surface area contributed by atoms with Crippen LogP contribution in [0, 0.1) is 0 Å². The third-order valence-electron chi connectivity index (χ3n) is 4.23. The molecule has 2 aromatic rings. The van der Waals surface area contributed by atoms with Gasteiger partial charge in [0.1, 0.15) is 17.2 Å². The molecule has 2 aromatic heterocycles. The lowest BCUT2D eigenvalue weighted by atomic mass is 9.97. The van der Waals surface area contributed by atoms with Gasteiger partial charge < -0.3 is 9.88 Å². The second-order valence-corrected chi connectivity index (χ2v) is 5.90. The van der Waals surface area contributed by atoms with E-state index in [1.165, 1.54) is 0 Å². The first kappa shape index (κ1) is 16.5. The lowest BCUT2D eigenvalue weighted by molar-refractivity contribution is -0.141. The number of carbonyl (C=O) groups is 1. The number of nitrogens with one attached hydrogen (secondary N) is 2. The van der Waals surface area contributed by atoms with Gasteiger partial charge in [-0.15, -0.1) is 0 Å². The Hall–Kier alpha value is -2.32. The molecule has 0 unspecified atom stereocenters. The van der Waals surface area contributed by atoms with E-state index in [0.717, 1.165) is 18.3 Å². The van der Waals surface area contributed by atoms with Crippen LogP contribution in [-0.4, -0.2) is 44.1 Å². The van der Waals surface area contributed by atoms with Crippen LogP contribution in [0.25, 0.3) is 0 Å². The van der Waals surface area contributed by atoms with Crippen LogP contribution in [0.2, 0.25) is 0 Å². The van der Waals surface area contributed by atoms with Crippen molar-refractivity contribution in [1.82, 2.24) is 25.1 Å². The van der Waals surface area contributed by atoms with E-state index in [2.05, 4.69) is 20.2 Å². The maximum atomic E-state index is 12.7. The topological polar surface area (TPSA) is 77.7 Å². The van der Waals surface area contributed by atoms with Gasteiger partial charge in [0.25, 0.3) is 5.91 Å². The Balaban J connectivity index is 1.72. The number of halogens is 3. The van der Waals surface area contributed by atoms with Crippen LogP contribution in [0.4, 0.5) is 13.2 Å². The fraction of sp³-hybridized carbons (Fsp3) is 0.533. The van der Waals surface area contributed by atoms with Gasteiger partial charge in [-0.2, -0.15) is 18.3 Å². The highest BCUT2D eigenvalue weighted by molar-refractivity contribution is 5.92. The summed E-state index contributed by atoms with van der Waals surface area (Å²) in [5, 5.41) is 6.81. The summed E-state index contributed by atoms with van der Waals surface area (Å²) in [5.41, 5.74) is 0.344. The standard InChI is InChI=1S/C15H18F3N5O/c1-2-10-6-11(22-21-10)14(24)23-5-3-4-9(8-23)13-19-7-12(20-13)15(16,17)18/h6-7,9H,2-5,8H2,1H3,(H,19,20)(H,21,22)/t9-/m0/s1. The molecular formula is C15H18F3N5O. The molecule has 1 fully saturated rings. The second-order valence-electron chi connectivity index (χ2n) is 5.90. The number of aromatic nitrogens is 4. The van der Waals surface area contributed by atoms with Gasteiger partial charge in [-0.05, 0) is 25.3 Å². The molecule has 2 N–H and O–H groups in total. The first-order chi connectivity index (χ1) is 11.4. The van der Waals surface area contributed by atoms with Crippen molar-refractivity contribution in [3.8, 4) is 0 Å². The van der Waals surface area contributed by atoms with E-state index in [1.807, 2.05) is 6.92 Å². The number of amides is 1. The summed E-state index contributed by atoms with van der Waals surface area (Å²) in [6.45, 7) is 2.85. The highest BCUT2D eigenvalue weighted by Crippen LogP contribution is 2.31. The fourth-order valence-corrected chi connectivity index (χ4v) is 2.89. The molecular weight excluding hydrogens is 323 g/mol. The molecule has 24 heavy (non-hydrogen) atoms. The van der Waals surface area contributed by atoms with Crippen molar-refractivity contribution < 1.29 is 18.0 Å². The van der Waals surface area contributed by atoms with Crippen LogP contribution in [0.5, 0.6) is 0 Å². The van der Waals surface area contributed by atoms with E-state index in [9.17, 15) is 18.0 Å². The van der Waals surface area contributed by atoms with Crippen molar-refractivity contribution in [2.75, 3.05) is 13.1 Å². The van der Waals surface area contributed by atoms with Gasteiger partial charge in [-0.1, -0.05) is 6.92 Å². The Kier molecular flexibility index (Phi) is 4.33. The Morgan fingerprint density at radius 2 is 2.25 bits per heavy atom. The van der Waals surface area contributed by atoms with Gasteiger partial charge in [0.15, 0.2) is 0 Å². The summed E-state index contributed by atoms with van der Waals surface area (Å²) >= 11 is 0. The molecule has 0 aliphatic carbocycles. The Labute approximate surface area is 136 Å². The van der Waals surface area contributed by atoms with Crippen molar-refractivity contribution in [2.24, 2.45) is 0 Å². The molecule has 1 amide bonds. The molecule has 0 aromatic carbocycles. The number of aromatic amines is 2. The highest BCUT2D eigenvalue weighted by atomic mass is 19.4. The quantitative estimate of drug-likeness (QED) is 0.901. The predicted molar refractivity (Wildman–Crippen MR) is 79.4 cm³/mol. The molecule has 9 heteroatoms. The van der Waals surface area contributed by atoms with Crippen molar-refractivity contribution in [1.29, 1.82) is 0 Å². The van der Waals surface area contributed by atoms with Crippen LogP contribution in [0.1, 0.15) is 53.4 Å². The molecule has 1 saturated heterocycles. The van der Waals surface area contributed by atoms with Crippen LogP contribution in [0.3, 0.4) is 0 Å². The molecule has 130 valence electrons. The van der Waals surface area contributed by atoms with Crippen LogP contribution in [0.15, 0.2) is 12.3 Å². The van der Waals surface area contributed by atoms with Gasteiger partial charge in [-0.3, -0.25) is 9.89 Å². The van der Waals surface area contributed by atoms with Crippen LogP contribution in [-0.2, 0) is 12.6 Å². The smallest absolute Gasteiger partial charge is 0.338 e. The minimum Gasteiger partial charge on any atom is -0.338 e. The third kappa shape index (κ3) is 3.29. The van der Waals surface area contributed by atoms with Crippen LogP contribution >= 0.6 is 0 Å². The van der Waals surface area contributed by atoms with E-state index in [0.29, 0.717) is 31.6 Å². The normalized spacial score (nSPS) is 18.8. The minimum atomic E-state index is -4.44. The number of alkyl halides is 3. The second kappa shape index (κ2) is 6.29. The zero-order chi connectivity index (χ0) is 17.3. The number of H-pyrrole nitrogens is 2. The maximum Gasteiger partial charge on any atom is 0.432 e. The molecule has 1 atom stereocenters. The van der Waals surface area contributed by atoms with Gasteiger partial charge >= 0.3 is 6.18 Å². The van der Waals surface area contributed by atoms with Gasteiger partial charge in [0, 0.05) is 24.7 Å². The van der Waals surface area contributed by atoms with Gasteiger partial charge in [0.05, 0.1) is 6.20 Å². The van der Waals surface area contributed by atoms with Crippen molar-refractivity contribution >= 4 is 5.91 Å². The fourth-order valence-electron chi connectivity index (χ4n) is 2.89. The molecule has 0 saturated carbocycles. The molecule has 0 spiro atoms. The molecule has 0 bridgehead atoms. The Morgan fingerprint density at radius 1 is 1.46 bits per heavy atom. The molecule has 6 nitrogen and oxygen atoms in total. The van der Waals surface area contributed by atoms with E-state index in [1.54, 1.807) is 11.0 Å². The summed E-state index contributed by atoms with van der Waals surface area (Å²) in [5.74, 6) is -0.169. The first-order valence-corrected chi connectivity index (χ1v) is 7.84. The van der Waals surface area contributed by atoms with E-state index >= 15 is 0 Å². The monoisotopic (exact) mass is 341 g/mol. The number of rotatable bonds is 3. The maximum absolute atomic E-state index is 12.7. The van der Waals surface area contributed by atoms with E-state index in [4.69, 9.17) is 0 Å². The van der Waals surface area contributed by atoms with Crippen molar-refractivity contribution in [3.05, 3.63) is 35.2 Å². The predicted octanol–water partition coefficient (Wildman–Crippen LogP) is 2.73. The largest absolute Gasteiger partial charge is 0.432 e. The Morgan fingerprint density at radius 3 is 2.88 bits per heavy atom. The average Bonchev–Trinajstić information content (AvgIpc) is 3.23. The Bertz CT molecular complexity index is 721. The molecule has 0 radical (unpaired) electrons. The molecule has 1 aliphatic rings. The third-order valence-corrected chi connectivity index (χ3v) is 4.23. The number of carbonyl (C=O) groups excluding carboxylic acids is 1. The van der Waals surface area contributed by atoms with Crippen LogP contribution < -0.4 is 0 Å². The number of imidazole rings is 1. The highest BCUT2D eigenvalue weighted by Gasteiger charge is 2.35. The van der Waals surface area contributed by atoms with Gasteiger partial charge in [-0.25, -0.2) is 4.98 Å². The summed E-state index contributed by atoms with van der Waals surface area (Å²) in [6.07, 6.45) is -1.49. The average molecular weight is 341 g/mol. The minimum absolute atomic E-state index is 0.210. The SMILES string of the molecule is CCc1cc(C(=O)N2CCC[C@H](c3ncc(C(F)(F)F)[nH]3)C2)n[nH]1. The lowest BCUT2D eigenvalue weighted by Crippen LogP contribution is -2.39. The molecule has 1 aliphatic heterocycles. The number of hydrogen-bond acceptors (Lipinski definition) is 3. The number of hydrogen-bond donors (Lipinski definition) is 2. The number of aryl methyl sites for hydroxylation is 1. The summed E-state index contributed by atoms with van der Waals surface area (Å²) in [6, 6.07) is 1.71. The summed E-state index contributed by atoms with van der Waals surface area (Å²) in [7, 11) is 0. The first-order valence-electron chi connectivity index (χ1n) is 7.84.